The number of aromatic nitrogens is 2. The summed E-state index contributed by atoms with van der Waals surface area (Å²) in [5.41, 5.74) is 5.85. The molecule has 0 atom stereocenters. The Balaban J connectivity index is 1.71. The topological polar surface area (TPSA) is 29.9 Å². The van der Waals surface area contributed by atoms with E-state index in [0.29, 0.717) is 0 Å². The monoisotopic (exact) mass is 399 g/mol. The third-order valence-electron chi connectivity index (χ3n) is 4.83. The molecule has 4 aromatic rings. The van der Waals surface area contributed by atoms with E-state index in [0.717, 1.165) is 21.5 Å². The minimum absolute atomic E-state index is 0.00861. The fourth-order valence-electron chi connectivity index (χ4n) is 3.64. The Kier molecular flexibility index (Phi) is 3.68. The quantitative estimate of drug-likeness (QED) is 0.497. The first-order chi connectivity index (χ1) is 12.8. The van der Waals surface area contributed by atoms with Crippen LogP contribution in [0.2, 0.25) is 0 Å². The fraction of sp³-hybridized carbons (Fsp3) is 0. The van der Waals surface area contributed by atoms with Gasteiger partial charge in [0.2, 0.25) is 0 Å². The number of imidazole rings is 1. The molecule has 0 amide bonds. The summed E-state index contributed by atoms with van der Waals surface area (Å²) < 4.78 is 3.30. The fourth-order valence-corrected chi connectivity index (χ4v) is 4.14. The lowest BCUT2D eigenvalue weighted by atomic mass is 9.63. The van der Waals surface area contributed by atoms with Gasteiger partial charge >= 0.3 is 6.98 Å². The summed E-state index contributed by atoms with van der Waals surface area (Å²) in [5.74, 6) is 0.992. The first-order valence-corrected chi connectivity index (χ1v) is 9.35. The van der Waals surface area contributed by atoms with Gasteiger partial charge in [0, 0.05) is 28.1 Å². The van der Waals surface area contributed by atoms with Crippen molar-refractivity contribution in [1.82, 2.24) is 9.46 Å². The van der Waals surface area contributed by atoms with Crippen LogP contribution in [0.15, 0.2) is 89.7 Å². The second-order valence-electron chi connectivity index (χ2n) is 6.32. The Hall–Kier alpha value is -2.79. The molecule has 0 aliphatic carbocycles. The van der Waals surface area contributed by atoms with E-state index in [1.165, 1.54) is 16.6 Å². The zero-order valence-corrected chi connectivity index (χ0v) is 15.5. The van der Waals surface area contributed by atoms with Crippen molar-refractivity contribution < 1.29 is 0 Å². The number of hydrogen-bond donors (Lipinski definition) is 1. The van der Waals surface area contributed by atoms with Crippen molar-refractivity contribution in [3.8, 4) is 22.5 Å². The molecule has 0 spiro atoms. The van der Waals surface area contributed by atoms with Crippen molar-refractivity contribution >= 4 is 34.1 Å². The maximum Gasteiger partial charge on any atom is 0.414 e. The van der Waals surface area contributed by atoms with Gasteiger partial charge in [-0.1, -0.05) is 70.5 Å². The number of fused-ring (bicyclic) bond motifs is 3. The third kappa shape index (κ3) is 2.39. The number of benzene rings is 3. The standard InChI is InChI=1S/C21H15BBrN3/c23-19-11-5-2-8-16(19)15-7-1-4-10-18(15)22-25-20-12-6-3-9-17(20)21-24-13-14-26(21)22/h1-14,25H. The van der Waals surface area contributed by atoms with Gasteiger partial charge in [-0.2, -0.15) is 0 Å². The van der Waals surface area contributed by atoms with Crippen molar-refractivity contribution in [1.29, 1.82) is 0 Å². The molecule has 2 heterocycles. The normalized spacial score (nSPS) is 12.3. The highest BCUT2D eigenvalue weighted by Crippen LogP contribution is 2.32. The van der Waals surface area contributed by atoms with Crippen LogP contribution >= 0.6 is 15.9 Å². The molecule has 5 heteroatoms. The maximum absolute atomic E-state index is 4.61. The summed E-state index contributed by atoms with van der Waals surface area (Å²) in [6.07, 6.45) is 3.91. The van der Waals surface area contributed by atoms with E-state index in [2.05, 4.69) is 97.3 Å². The summed E-state index contributed by atoms with van der Waals surface area (Å²) in [4.78, 5) is 4.61. The lowest BCUT2D eigenvalue weighted by molar-refractivity contribution is 1.16. The molecule has 0 fully saturated rings. The van der Waals surface area contributed by atoms with E-state index in [1.807, 2.05) is 18.5 Å². The van der Waals surface area contributed by atoms with Crippen LogP contribution in [0.25, 0.3) is 22.5 Å². The van der Waals surface area contributed by atoms with Crippen molar-refractivity contribution in [3.05, 3.63) is 89.7 Å². The molecular formula is C21H15BBrN3. The van der Waals surface area contributed by atoms with Gasteiger partial charge in [0.1, 0.15) is 5.82 Å². The average Bonchev–Trinajstić information content (AvgIpc) is 3.18. The van der Waals surface area contributed by atoms with Gasteiger partial charge in [-0.15, -0.1) is 0 Å². The zero-order chi connectivity index (χ0) is 17.5. The highest BCUT2D eigenvalue weighted by atomic mass is 79.9. The number of nitrogens with zero attached hydrogens (tertiary/aromatic N) is 2. The largest absolute Gasteiger partial charge is 0.414 e. The van der Waals surface area contributed by atoms with Crippen LogP contribution in [0.4, 0.5) is 5.69 Å². The van der Waals surface area contributed by atoms with Crippen molar-refractivity contribution in [2.45, 2.75) is 0 Å². The predicted octanol–water partition coefficient (Wildman–Crippen LogP) is 4.65. The van der Waals surface area contributed by atoms with Crippen molar-refractivity contribution in [2.24, 2.45) is 0 Å². The van der Waals surface area contributed by atoms with E-state index in [4.69, 9.17) is 0 Å². The summed E-state index contributed by atoms with van der Waals surface area (Å²) in [6.45, 7) is -0.00861. The van der Waals surface area contributed by atoms with E-state index in [9.17, 15) is 0 Å². The number of para-hydroxylation sites is 1. The molecule has 0 bridgehead atoms. The molecule has 1 aromatic heterocycles. The second kappa shape index (κ2) is 6.18. The number of hydrogen-bond acceptors (Lipinski definition) is 2. The average molecular weight is 400 g/mol. The Morgan fingerprint density at radius 3 is 2.35 bits per heavy atom. The Labute approximate surface area is 161 Å². The number of anilines is 1. The predicted molar refractivity (Wildman–Crippen MR) is 112 cm³/mol. The SMILES string of the molecule is Brc1ccccc1-c1ccccc1B1Nc2ccccc2-c2nccn21. The molecular weight excluding hydrogens is 385 g/mol. The smallest absolute Gasteiger partial charge is 0.404 e. The van der Waals surface area contributed by atoms with Crippen LogP contribution in [-0.4, -0.2) is 16.4 Å². The molecule has 3 aromatic carbocycles. The zero-order valence-electron chi connectivity index (χ0n) is 13.9. The molecule has 1 aliphatic rings. The first-order valence-electron chi connectivity index (χ1n) is 8.55. The van der Waals surface area contributed by atoms with Crippen LogP contribution in [0.5, 0.6) is 0 Å². The molecule has 5 rings (SSSR count). The van der Waals surface area contributed by atoms with Crippen LogP contribution < -0.4 is 10.7 Å². The van der Waals surface area contributed by atoms with Crippen LogP contribution in [-0.2, 0) is 0 Å². The minimum atomic E-state index is -0.00861. The number of nitrogens with one attached hydrogen (secondary N) is 1. The molecule has 0 radical (unpaired) electrons. The van der Waals surface area contributed by atoms with Crippen LogP contribution in [0.3, 0.4) is 0 Å². The van der Waals surface area contributed by atoms with Crippen LogP contribution in [0.1, 0.15) is 0 Å². The second-order valence-corrected chi connectivity index (χ2v) is 7.17. The van der Waals surface area contributed by atoms with Gasteiger partial charge in [0.15, 0.2) is 0 Å². The molecule has 3 nitrogen and oxygen atoms in total. The molecule has 0 saturated carbocycles. The molecule has 0 unspecified atom stereocenters. The number of rotatable bonds is 2. The first kappa shape index (κ1) is 15.5. The summed E-state index contributed by atoms with van der Waals surface area (Å²) >= 11 is 3.70. The summed E-state index contributed by atoms with van der Waals surface area (Å²) in [5, 5.41) is 3.69. The summed E-state index contributed by atoms with van der Waals surface area (Å²) in [7, 11) is 0. The van der Waals surface area contributed by atoms with E-state index >= 15 is 0 Å². The highest BCUT2D eigenvalue weighted by molar-refractivity contribution is 9.10. The van der Waals surface area contributed by atoms with Gasteiger partial charge in [0.05, 0.1) is 0 Å². The lowest BCUT2D eigenvalue weighted by Gasteiger charge is -2.28. The summed E-state index contributed by atoms with van der Waals surface area (Å²) in [6, 6.07) is 25.2. The lowest BCUT2D eigenvalue weighted by Crippen LogP contribution is -2.48. The van der Waals surface area contributed by atoms with E-state index in [1.54, 1.807) is 0 Å². The number of halogens is 1. The molecule has 0 saturated heterocycles. The highest BCUT2D eigenvalue weighted by Gasteiger charge is 2.31. The van der Waals surface area contributed by atoms with Gasteiger partial charge in [-0.3, -0.25) is 0 Å². The minimum Gasteiger partial charge on any atom is -0.404 e. The van der Waals surface area contributed by atoms with Crippen LogP contribution in [0, 0.1) is 0 Å². The van der Waals surface area contributed by atoms with Gasteiger partial charge < -0.3 is 9.71 Å². The van der Waals surface area contributed by atoms with Crippen molar-refractivity contribution in [3.63, 3.8) is 0 Å². The van der Waals surface area contributed by atoms with Crippen molar-refractivity contribution in [2.75, 3.05) is 5.23 Å². The Morgan fingerprint density at radius 1 is 0.808 bits per heavy atom. The molecule has 26 heavy (non-hydrogen) atoms. The molecule has 1 N–H and O–H groups in total. The van der Waals surface area contributed by atoms with E-state index in [-0.39, 0.29) is 6.98 Å². The Morgan fingerprint density at radius 2 is 1.50 bits per heavy atom. The van der Waals surface area contributed by atoms with Gasteiger partial charge in [-0.05, 0) is 34.8 Å². The maximum atomic E-state index is 4.61. The van der Waals surface area contributed by atoms with Gasteiger partial charge in [-0.25, -0.2) is 4.98 Å². The molecule has 124 valence electrons. The third-order valence-corrected chi connectivity index (χ3v) is 5.52. The Bertz CT molecular complexity index is 1110. The van der Waals surface area contributed by atoms with E-state index < -0.39 is 0 Å². The van der Waals surface area contributed by atoms with Gasteiger partial charge in [0.25, 0.3) is 0 Å². The molecule has 1 aliphatic heterocycles.